The Kier molecular flexibility index (Phi) is 4.02. The smallest absolute Gasteiger partial charge is 0.0619 e. The number of allylic oxidation sites excluding steroid dienone is 2. The molecule has 2 nitrogen and oxygen atoms in total. The van der Waals surface area contributed by atoms with Gasteiger partial charge in [-0.15, -0.1) is 0 Å². The molecule has 0 aromatic rings. The number of rotatable bonds is 3. The lowest BCUT2D eigenvalue weighted by atomic mass is 9.94. The SMILES string of the molecule is C1=CCC(CNC2CCCOC2)CC1. The third kappa shape index (κ3) is 3.10. The zero-order chi connectivity index (χ0) is 9.64. The highest BCUT2D eigenvalue weighted by atomic mass is 16.5. The summed E-state index contributed by atoms with van der Waals surface area (Å²) in [5.41, 5.74) is 0. The summed E-state index contributed by atoms with van der Waals surface area (Å²) >= 11 is 0. The van der Waals surface area contributed by atoms with Gasteiger partial charge < -0.3 is 10.1 Å². The average Bonchev–Trinajstić information content (AvgIpc) is 2.29. The highest BCUT2D eigenvalue weighted by Gasteiger charge is 2.15. The van der Waals surface area contributed by atoms with Crippen LogP contribution in [0.25, 0.3) is 0 Å². The summed E-state index contributed by atoms with van der Waals surface area (Å²) in [5.74, 6) is 0.863. The predicted octanol–water partition coefficient (Wildman–Crippen LogP) is 2.11. The summed E-state index contributed by atoms with van der Waals surface area (Å²) in [6.07, 6.45) is 11.0. The van der Waals surface area contributed by atoms with Gasteiger partial charge in [0, 0.05) is 12.6 Å². The number of hydrogen-bond acceptors (Lipinski definition) is 2. The highest BCUT2D eigenvalue weighted by molar-refractivity contribution is 4.90. The minimum Gasteiger partial charge on any atom is -0.380 e. The first-order chi connectivity index (χ1) is 6.95. The van der Waals surface area contributed by atoms with Crippen molar-refractivity contribution in [1.82, 2.24) is 5.32 Å². The summed E-state index contributed by atoms with van der Waals surface area (Å²) < 4.78 is 5.45. The van der Waals surface area contributed by atoms with Crippen molar-refractivity contribution in [3.05, 3.63) is 12.2 Å². The number of hydrogen-bond donors (Lipinski definition) is 1. The maximum Gasteiger partial charge on any atom is 0.0619 e. The van der Waals surface area contributed by atoms with Gasteiger partial charge in [-0.05, 0) is 44.6 Å². The van der Waals surface area contributed by atoms with Crippen molar-refractivity contribution in [1.29, 1.82) is 0 Å². The minimum absolute atomic E-state index is 0.620. The molecule has 2 atom stereocenters. The molecule has 0 spiro atoms. The van der Waals surface area contributed by atoms with Crippen molar-refractivity contribution in [2.75, 3.05) is 19.8 Å². The van der Waals surface area contributed by atoms with Gasteiger partial charge in [-0.3, -0.25) is 0 Å². The van der Waals surface area contributed by atoms with Crippen LogP contribution >= 0.6 is 0 Å². The van der Waals surface area contributed by atoms with Crippen molar-refractivity contribution in [2.24, 2.45) is 5.92 Å². The molecular formula is C12H21NO. The predicted molar refractivity (Wildman–Crippen MR) is 58.3 cm³/mol. The van der Waals surface area contributed by atoms with E-state index in [2.05, 4.69) is 17.5 Å². The zero-order valence-corrected chi connectivity index (χ0v) is 8.87. The van der Waals surface area contributed by atoms with Crippen molar-refractivity contribution >= 4 is 0 Å². The van der Waals surface area contributed by atoms with Crippen molar-refractivity contribution in [3.8, 4) is 0 Å². The first-order valence-corrected chi connectivity index (χ1v) is 5.91. The van der Waals surface area contributed by atoms with E-state index >= 15 is 0 Å². The Morgan fingerprint density at radius 1 is 1.29 bits per heavy atom. The van der Waals surface area contributed by atoms with Crippen molar-refractivity contribution in [3.63, 3.8) is 0 Å². The molecule has 2 unspecified atom stereocenters. The van der Waals surface area contributed by atoms with Gasteiger partial charge in [-0.25, -0.2) is 0 Å². The van der Waals surface area contributed by atoms with Crippen LogP contribution in [-0.4, -0.2) is 25.8 Å². The first kappa shape index (κ1) is 10.2. The van der Waals surface area contributed by atoms with Crippen LogP contribution in [0, 0.1) is 5.92 Å². The first-order valence-electron chi connectivity index (χ1n) is 5.91. The standard InChI is InChI=1S/C12H21NO/c1-2-5-11(6-3-1)9-13-12-7-4-8-14-10-12/h1-2,11-13H,3-10H2. The summed E-state index contributed by atoms with van der Waals surface area (Å²) in [6.45, 7) is 3.06. The molecule has 1 saturated heterocycles. The molecule has 0 aromatic carbocycles. The topological polar surface area (TPSA) is 21.3 Å². The number of ether oxygens (including phenoxy) is 1. The maximum atomic E-state index is 5.45. The molecule has 0 radical (unpaired) electrons. The summed E-state index contributed by atoms with van der Waals surface area (Å²) in [7, 11) is 0. The summed E-state index contributed by atoms with van der Waals surface area (Å²) in [6, 6.07) is 0.620. The van der Waals surface area contributed by atoms with Crippen LogP contribution in [0.1, 0.15) is 32.1 Å². The largest absolute Gasteiger partial charge is 0.380 e. The molecule has 1 N–H and O–H groups in total. The molecule has 2 aliphatic rings. The van der Waals surface area contributed by atoms with Gasteiger partial charge in [-0.1, -0.05) is 12.2 Å². The maximum absolute atomic E-state index is 5.45. The molecule has 1 aliphatic carbocycles. The Hall–Kier alpha value is -0.340. The van der Waals surface area contributed by atoms with Crippen LogP contribution in [0.4, 0.5) is 0 Å². The molecule has 0 amide bonds. The second-order valence-corrected chi connectivity index (χ2v) is 4.47. The molecule has 0 bridgehead atoms. The molecule has 1 aliphatic heterocycles. The Morgan fingerprint density at radius 3 is 3.00 bits per heavy atom. The fraction of sp³-hybridized carbons (Fsp3) is 0.833. The average molecular weight is 195 g/mol. The monoisotopic (exact) mass is 195 g/mol. The van der Waals surface area contributed by atoms with Gasteiger partial charge in [0.15, 0.2) is 0 Å². The van der Waals surface area contributed by atoms with Crippen LogP contribution in [0.15, 0.2) is 12.2 Å². The quantitative estimate of drug-likeness (QED) is 0.696. The van der Waals surface area contributed by atoms with Crippen LogP contribution in [-0.2, 0) is 4.74 Å². The fourth-order valence-electron chi connectivity index (χ4n) is 2.28. The third-order valence-corrected chi connectivity index (χ3v) is 3.23. The van der Waals surface area contributed by atoms with Crippen molar-refractivity contribution < 1.29 is 4.74 Å². The van der Waals surface area contributed by atoms with Crippen LogP contribution in [0.3, 0.4) is 0 Å². The second kappa shape index (κ2) is 5.52. The summed E-state index contributed by atoms with van der Waals surface area (Å²) in [4.78, 5) is 0. The van der Waals surface area contributed by atoms with Crippen LogP contribution in [0.2, 0.25) is 0 Å². The Bertz CT molecular complexity index is 185. The van der Waals surface area contributed by atoms with E-state index in [-0.39, 0.29) is 0 Å². The van der Waals surface area contributed by atoms with Gasteiger partial charge in [0.1, 0.15) is 0 Å². The van der Waals surface area contributed by atoms with E-state index < -0.39 is 0 Å². The lowest BCUT2D eigenvalue weighted by molar-refractivity contribution is 0.0689. The van der Waals surface area contributed by atoms with E-state index in [4.69, 9.17) is 4.74 Å². The molecule has 14 heavy (non-hydrogen) atoms. The molecule has 0 saturated carbocycles. The van der Waals surface area contributed by atoms with E-state index in [0.29, 0.717) is 6.04 Å². The molecule has 80 valence electrons. The molecule has 1 fully saturated rings. The van der Waals surface area contributed by atoms with Gasteiger partial charge in [0.05, 0.1) is 6.61 Å². The zero-order valence-electron chi connectivity index (χ0n) is 8.87. The Labute approximate surface area is 86.7 Å². The van der Waals surface area contributed by atoms with E-state index in [9.17, 15) is 0 Å². The Morgan fingerprint density at radius 2 is 2.29 bits per heavy atom. The van der Waals surface area contributed by atoms with Gasteiger partial charge >= 0.3 is 0 Å². The van der Waals surface area contributed by atoms with Crippen LogP contribution in [0.5, 0.6) is 0 Å². The second-order valence-electron chi connectivity index (χ2n) is 4.47. The molecule has 1 heterocycles. The van der Waals surface area contributed by atoms with Gasteiger partial charge in [-0.2, -0.15) is 0 Å². The number of nitrogens with one attached hydrogen (secondary N) is 1. The van der Waals surface area contributed by atoms with Crippen LogP contribution < -0.4 is 5.32 Å². The lowest BCUT2D eigenvalue weighted by Gasteiger charge is -2.26. The van der Waals surface area contributed by atoms with Gasteiger partial charge in [0.2, 0.25) is 0 Å². The highest BCUT2D eigenvalue weighted by Crippen LogP contribution is 2.17. The van der Waals surface area contributed by atoms with Crippen molar-refractivity contribution in [2.45, 2.75) is 38.1 Å². The molecule has 2 rings (SSSR count). The lowest BCUT2D eigenvalue weighted by Crippen LogP contribution is -2.39. The summed E-state index contributed by atoms with van der Waals surface area (Å²) in [5, 5.41) is 3.63. The minimum atomic E-state index is 0.620. The molecule has 0 aromatic heterocycles. The van der Waals surface area contributed by atoms with E-state index in [1.54, 1.807) is 0 Å². The molecule has 2 heteroatoms. The normalized spacial score (nSPS) is 33.1. The van der Waals surface area contributed by atoms with E-state index in [1.165, 1.54) is 38.6 Å². The molecular weight excluding hydrogens is 174 g/mol. The van der Waals surface area contributed by atoms with E-state index in [1.807, 2.05) is 0 Å². The fourth-order valence-corrected chi connectivity index (χ4v) is 2.28. The van der Waals surface area contributed by atoms with Gasteiger partial charge in [0.25, 0.3) is 0 Å². The van der Waals surface area contributed by atoms with E-state index in [0.717, 1.165) is 19.1 Å². The third-order valence-electron chi connectivity index (χ3n) is 3.23. The Balaban J connectivity index is 1.63.